The number of methoxy groups -OCH3 is 1. The van der Waals surface area contributed by atoms with Gasteiger partial charge in [-0.05, 0) is 65.5 Å². The van der Waals surface area contributed by atoms with Gasteiger partial charge in [-0.15, -0.1) is 0 Å². The molecule has 0 bridgehead atoms. The summed E-state index contributed by atoms with van der Waals surface area (Å²) in [7, 11) is -2.43. The Balaban J connectivity index is 1.55. The molecule has 5 rings (SSSR count). The summed E-state index contributed by atoms with van der Waals surface area (Å²) in [5, 5.41) is 1.18. The summed E-state index contributed by atoms with van der Waals surface area (Å²) in [5.41, 5.74) is 1.21. The highest BCUT2D eigenvalue weighted by atomic mass is 35.5. The van der Waals surface area contributed by atoms with E-state index < -0.39 is 10.0 Å². The van der Waals surface area contributed by atoms with Crippen molar-refractivity contribution in [2.75, 3.05) is 13.9 Å². The molecule has 0 atom stereocenters. The van der Waals surface area contributed by atoms with E-state index in [0.29, 0.717) is 38.9 Å². The molecule has 0 saturated heterocycles. The maximum Gasteiger partial charge on any atom is 0.252 e. The molecule has 0 aliphatic carbocycles. The molecule has 2 heterocycles. The van der Waals surface area contributed by atoms with Gasteiger partial charge in [-0.3, -0.25) is 4.79 Å². The number of halogens is 1. The Labute approximate surface area is 206 Å². The SMILES string of the molecule is COc1ccc2cc(CN(Cc3ccc4c(c3)OCO4)S(=O)(=O)c3ccc(Cl)cc3)c(=O)[nH]c2c1. The number of hydrogen-bond donors (Lipinski definition) is 1. The maximum atomic E-state index is 13.6. The van der Waals surface area contributed by atoms with Crippen LogP contribution in [-0.2, 0) is 23.1 Å². The van der Waals surface area contributed by atoms with Crippen LogP contribution in [0.4, 0.5) is 0 Å². The lowest BCUT2D eigenvalue weighted by atomic mass is 10.1. The van der Waals surface area contributed by atoms with E-state index in [1.807, 2.05) is 6.07 Å². The molecule has 8 nitrogen and oxygen atoms in total. The van der Waals surface area contributed by atoms with E-state index in [1.165, 1.54) is 28.6 Å². The van der Waals surface area contributed by atoms with Crippen LogP contribution in [0, 0.1) is 0 Å². The molecule has 1 aliphatic heterocycles. The summed E-state index contributed by atoms with van der Waals surface area (Å²) in [4.78, 5) is 15.8. The number of aromatic nitrogens is 1. The Morgan fingerprint density at radius 1 is 0.971 bits per heavy atom. The molecule has 0 saturated carbocycles. The van der Waals surface area contributed by atoms with Crippen LogP contribution in [0.2, 0.25) is 5.02 Å². The smallest absolute Gasteiger partial charge is 0.252 e. The third kappa shape index (κ3) is 4.70. The lowest BCUT2D eigenvalue weighted by Gasteiger charge is -2.22. The third-order valence-corrected chi connectivity index (χ3v) is 7.78. The van der Waals surface area contributed by atoms with Crippen LogP contribution in [0.25, 0.3) is 10.9 Å². The van der Waals surface area contributed by atoms with Crippen LogP contribution in [0.5, 0.6) is 17.2 Å². The standard InChI is InChI=1S/C25H21ClN2O6S/c1-32-20-6-3-17-11-18(25(29)27-22(17)12-20)14-28(35(30,31)21-7-4-19(26)5-8-21)13-16-2-9-23-24(10-16)34-15-33-23/h2-12H,13-15H2,1H3,(H,27,29). The van der Waals surface area contributed by atoms with E-state index in [4.69, 9.17) is 25.8 Å². The molecule has 0 spiro atoms. The molecule has 0 unspecified atom stereocenters. The fourth-order valence-electron chi connectivity index (χ4n) is 3.88. The van der Waals surface area contributed by atoms with Gasteiger partial charge >= 0.3 is 0 Å². The Kier molecular flexibility index (Phi) is 6.14. The molecule has 10 heteroatoms. The van der Waals surface area contributed by atoms with E-state index in [0.717, 1.165) is 5.39 Å². The molecule has 4 aromatic rings. The molecule has 35 heavy (non-hydrogen) atoms. The summed E-state index contributed by atoms with van der Waals surface area (Å²) in [6.45, 7) is -0.0127. The number of hydrogen-bond acceptors (Lipinski definition) is 6. The quantitative estimate of drug-likeness (QED) is 0.396. The van der Waals surface area contributed by atoms with Gasteiger partial charge < -0.3 is 19.2 Å². The average Bonchev–Trinajstić information content (AvgIpc) is 3.32. The van der Waals surface area contributed by atoms with Crippen LogP contribution < -0.4 is 19.8 Å². The number of pyridine rings is 1. The van der Waals surface area contributed by atoms with Crippen molar-refractivity contribution in [2.24, 2.45) is 0 Å². The topological polar surface area (TPSA) is 97.9 Å². The number of benzene rings is 3. The third-order valence-electron chi connectivity index (χ3n) is 5.72. The first-order valence-electron chi connectivity index (χ1n) is 10.7. The van der Waals surface area contributed by atoms with Crippen molar-refractivity contribution >= 4 is 32.5 Å². The van der Waals surface area contributed by atoms with Crippen LogP contribution in [0.1, 0.15) is 11.1 Å². The molecule has 1 aromatic heterocycles. The van der Waals surface area contributed by atoms with Crippen molar-refractivity contribution in [2.45, 2.75) is 18.0 Å². The fraction of sp³-hybridized carbons (Fsp3) is 0.160. The molecule has 0 amide bonds. The minimum absolute atomic E-state index is 0.0156. The average molecular weight is 513 g/mol. The van der Waals surface area contributed by atoms with Gasteiger partial charge in [0, 0.05) is 29.7 Å². The second-order valence-electron chi connectivity index (χ2n) is 7.99. The lowest BCUT2D eigenvalue weighted by Crippen LogP contribution is -2.32. The second kappa shape index (κ2) is 9.26. The Morgan fingerprint density at radius 3 is 2.51 bits per heavy atom. The predicted octanol–water partition coefficient (Wildman–Crippen LogP) is 4.31. The van der Waals surface area contributed by atoms with Gasteiger partial charge in [-0.2, -0.15) is 4.31 Å². The molecule has 3 aromatic carbocycles. The van der Waals surface area contributed by atoms with E-state index in [2.05, 4.69) is 4.98 Å². The summed E-state index contributed by atoms with van der Waals surface area (Å²) < 4.78 is 44.6. The lowest BCUT2D eigenvalue weighted by molar-refractivity contribution is 0.174. The van der Waals surface area contributed by atoms with Crippen LogP contribution in [0.15, 0.2) is 76.4 Å². The first-order valence-corrected chi connectivity index (χ1v) is 12.5. The number of sulfonamides is 1. The van der Waals surface area contributed by atoms with Crippen LogP contribution >= 0.6 is 11.6 Å². The van der Waals surface area contributed by atoms with Gasteiger partial charge in [-0.1, -0.05) is 17.7 Å². The van der Waals surface area contributed by atoms with Crippen molar-refractivity contribution in [1.82, 2.24) is 9.29 Å². The monoisotopic (exact) mass is 512 g/mol. The van der Waals surface area contributed by atoms with Crippen LogP contribution in [-0.4, -0.2) is 31.6 Å². The van der Waals surface area contributed by atoms with Crippen molar-refractivity contribution in [3.63, 3.8) is 0 Å². The van der Waals surface area contributed by atoms with Crippen molar-refractivity contribution in [3.05, 3.63) is 93.2 Å². The summed E-state index contributed by atoms with van der Waals surface area (Å²) in [5.74, 6) is 1.75. The van der Waals surface area contributed by atoms with Gasteiger partial charge in [0.2, 0.25) is 16.8 Å². The van der Waals surface area contributed by atoms with Gasteiger partial charge in [0.05, 0.1) is 17.5 Å². The number of nitrogens with one attached hydrogen (secondary N) is 1. The zero-order chi connectivity index (χ0) is 24.6. The minimum atomic E-state index is -3.98. The number of aromatic amines is 1. The number of ether oxygens (including phenoxy) is 3. The largest absolute Gasteiger partial charge is 0.497 e. The van der Waals surface area contributed by atoms with E-state index >= 15 is 0 Å². The molecule has 180 valence electrons. The molecule has 0 radical (unpaired) electrons. The van der Waals surface area contributed by atoms with Crippen molar-refractivity contribution < 1.29 is 22.6 Å². The summed E-state index contributed by atoms with van der Waals surface area (Å²) >= 11 is 5.96. The molecule has 0 fully saturated rings. The Hall–Kier alpha value is -3.53. The molecular formula is C25H21ClN2O6S. The highest BCUT2D eigenvalue weighted by molar-refractivity contribution is 7.89. The highest BCUT2D eigenvalue weighted by Gasteiger charge is 2.27. The number of fused-ring (bicyclic) bond motifs is 2. The van der Waals surface area contributed by atoms with E-state index in [-0.39, 0.29) is 30.3 Å². The fourth-order valence-corrected chi connectivity index (χ4v) is 5.42. The van der Waals surface area contributed by atoms with Gasteiger partial charge in [0.15, 0.2) is 11.5 Å². The predicted molar refractivity (Wildman–Crippen MR) is 132 cm³/mol. The molecule has 1 N–H and O–H groups in total. The Morgan fingerprint density at radius 2 is 1.74 bits per heavy atom. The zero-order valence-corrected chi connectivity index (χ0v) is 20.2. The summed E-state index contributed by atoms with van der Waals surface area (Å²) in [6, 6.07) is 18.2. The van der Waals surface area contributed by atoms with Crippen LogP contribution in [0.3, 0.4) is 0 Å². The number of rotatable bonds is 7. The highest BCUT2D eigenvalue weighted by Crippen LogP contribution is 2.33. The van der Waals surface area contributed by atoms with E-state index in [9.17, 15) is 13.2 Å². The molecule has 1 aliphatic rings. The normalized spacial score (nSPS) is 12.9. The van der Waals surface area contributed by atoms with Gasteiger partial charge in [-0.25, -0.2) is 8.42 Å². The van der Waals surface area contributed by atoms with Gasteiger partial charge in [0.1, 0.15) is 5.75 Å². The van der Waals surface area contributed by atoms with E-state index in [1.54, 1.807) is 43.5 Å². The maximum absolute atomic E-state index is 13.6. The minimum Gasteiger partial charge on any atom is -0.497 e. The Bertz CT molecular complexity index is 1570. The van der Waals surface area contributed by atoms with Crippen molar-refractivity contribution in [3.8, 4) is 17.2 Å². The summed E-state index contributed by atoms with van der Waals surface area (Å²) in [6.07, 6.45) is 0. The zero-order valence-electron chi connectivity index (χ0n) is 18.7. The number of H-pyrrole nitrogens is 1. The van der Waals surface area contributed by atoms with Gasteiger partial charge in [0.25, 0.3) is 5.56 Å². The second-order valence-corrected chi connectivity index (χ2v) is 10.4. The molecular weight excluding hydrogens is 492 g/mol. The number of nitrogens with zero attached hydrogens (tertiary/aromatic N) is 1. The van der Waals surface area contributed by atoms with Crippen molar-refractivity contribution in [1.29, 1.82) is 0 Å². The first-order chi connectivity index (χ1) is 16.8. The first kappa shape index (κ1) is 23.2.